The van der Waals surface area contributed by atoms with Crippen molar-refractivity contribution in [3.05, 3.63) is 71.0 Å². The molecule has 2 aromatic rings. The highest BCUT2D eigenvalue weighted by atomic mass is 35.5. The van der Waals surface area contributed by atoms with E-state index in [0.29, 0.717) is 37.3 Å². The molecule has 0 saturated carbocycles. The molecule has 0 aliphatic carbocycles. The molecule has 3 rings (SSSR count). The number of halogens is 2. The van der Waals surface area contributed by atoms with E-state index in [1.54, 1.807) is 24.0 Å². The molecule has 0 unspecified atom stereocenters. The van der Waals surface area contributed by atoms with Crippen LogP contribution in [0.3, 0.4) is 0 Å². The van der Waals surface area contributed by atoms with Crippen LogP contribution < -0.4 is 9.88 Å². The molecule has 1 fully saturated rings. The molecule has 2 aromatic carbocycles. The number of primary sulfonamides is 1. The van der Waals surface area contributed by atoms with Gasteiger partial charge >= 0.3 is 0 Å². The van der Waals surface area contributed by atoms with Crippen molar-refractivity contribution in [1.29, 1.82) is 0 Å². The lowest BCUT2D eigenvalue weighted by molar-refractivity contribution is -0.130. The lowest BCUT2D eigenvalue weighted by Crippen LogP contribution is -2.54. The second kappa shape index (κ2) is 10.2. The monoisotopic (exact) mass is 495 g/mol. The molecular weight excluding hydrogens is 469 g/mol. The van der Waals surface area contributed by atoms with E-state index in [1.807, 2.05) is 6.92 Å². The van der Waals surface area contributed by atoms with Crippen LogP contribution in [-0.2, 0) is 14.8 Å². The van der Waals surface area contributed by atoms with E-state index in [-0.39, 0.29) is 33.4 Å². The number of amides is 1. The van der Waals surface area contributed by atoms with E-state index in [9.17, 15) is 17.6 Å². The summed E-state index contributed by atoms with van der Waals surface area (Å²) in [5.74, 6) is -0.215. The van der Waals surface area contributed by atoms with Crippen molar-refractivity contribution in [1.82, 2.24) is 9.80 Å². The summed E-state index contributed by atoms with van der Waals surface area (Å²) in [6, 6.07) is 8.83. The van der Waals surface area contributed by atoms with Crippen molar-refractivity contribution >= 4 is 27.5 Å². The van der Waals surface area contributed by atoms with Crippen LogP contribution in [-0.4, -0.2) is 56.3 Å². The minimum Gasteiger partial charge on any atom is -0.483 e. The summed E-state index contributed by atoms with van der Waals surface area (Å²) < 4.78 is 43.7. The number of sulfonamides is 1. The van der Waals surface area contributed by atoms with E-state index in [4.69, 9.17) is 21.5 Å². The fraction of sp³-hybridized carbons (Fsp3) is 0.348. The molecule has 7 nitrogen and oxygen atoms in total. The van der Waals surface area contributed by atoms with Gasteiger partial charge in [0.05, 0.1) is 9.92 Å². The summed E-state index contributed by atoms with van der Waals surface area (Å²) in [7, 11) is -3.91. The highest BCUT2D eigenvalue weighted by molar-refractivity contribution is 7.89. The highest BCUT2D eigenvalue weighted by Gasteiger charge is 2.29. The van der Waals surface area contributed by atoms with Gasteiger partial charge in [-0.3, -0.25) is 9.69 Å². The van der Waals surface area contributed by atoms with E-state index in [2.05, 4.69) is 11.5 Å². The number of ether oxygens (including phenoxy) is 1. The normalized spacial score (nSPS) is 18.1. The van der Waals surface area contributed by atoms with Crippen LogP contribution in [0.4, 0.5) is 4.39 Å². The van der Waals surface area contributed by atoms with Gasteiger partial charge in [0.2, 0.25) is 15.9 Å². The second-order valence-electron chi connectivity index (χ2n) is 8.10. The zero-order valence-corrected chi connectivity index (χ0v) is 20.1. The maximum atomic E-state index is 14.3. The number of nitrogens with two attached hydrogens (primary N) is 1. The molecule has 1 heterocycles. The summed E-state index contributed by atoms with van der Waals surface area (Å²) in [6.07, 6.45) is 0.715. The van der Waals surface area contributed by atoms with Crippen LogP contribution in [0.1, 0.15) is 24.2 Å². The average molecular weight is 496 g/mol. The third-order valence-corrected chi connectivity index (χ3v) is 6.87. The number of carbonyl (C=O) groups is 1. The van der Waals surface area contributed by atoms with Crippen molar-refractivity contribution in [2.75, 3.05) is 26.2 Å². The first kappa shape index (κ1) is 25.2. The number of hydrogen-bond donors (Lipinski definition) is 1. The van der Waals surface area contributed by atoms with Crippen LogP contribution in [0.15, 0.2) is 53.9 Å². The molecule has 33 heavy (non-hydrogen) atoms. The molecular formula is C23H27ClFN3O4S. The van der Waals surface area contributed by atoms with Crippen molar-refractivity contribution in [3.63, 3.8) is 0 Å². The van der Waals surface area contributed by atoms with Crippen molar-refractivity contribution < 1.29 is 22.3 Å². The van der Waals surface area contributed by atoms with Crippen molar-refractivity contribution in [2.24, 2.45) is 5.14 Å². The Labute approximate surface area is 198 Å². The zero-order valence-electron chi connectivity index (χ0n) is 18.5. The molecule has 178 valence electrons. The Bertz CT molecular complexity index is 1160. The largest absolute Gasteiger partial charge is 0.483 e. The van der Waals surface area contributed by atoms with Gasteiger partial charge in [0.25, 0.3) is 0 Å². The van der Waals surface area contributed by atoms with Gasteiger partial charge in [0.1, 0.15) is 17.7 Å². The molecule has 1 amide bonds. The number of hydrogen-bond acceptors (Lipinski definition) is 5. The van der Waals surface area contributed by atoms with E-state index in [1.165, 1.54) is 30.3 Å². The molecule has 0 radical (unpaired) electrons. The van der Waals surface area contributed by atoms with Gasteiger partial charge in [-0.15, -0.1) is 0 Å². The first-order valence-electron chi connectivity index (χ1n) is 10.4. The van der Waals surface area contributed by atoms with E-state index >= 15 is 0 Å². The Balaban J connectivity index is 1.86. The van der Waals surface area contributed by atoms with Gasteiger partial charge < -0.3 is 9.64 Å². The predicted molar refractivity (Wildman–Crippen MR) is 125 cm³/mol. The quantitative estimate of drug-likeness (QED) is 0.595. The molecule has 1 saturated heterocycles. The molecule has 2 N–H and O–H groups in total. The lowest BCUT2D eigenvalue weighted by atomic mass is 10.0. The number of piperazine rings is 1. The molecule has 2 atom stereocenters. The van der Waals surface area contributed by atoms with Gasteiger partial charge in [0.15, 0.2) is 0 Å². The van der Waals surface area contributed by atoms with Gasteiger partial charge in [-0.25, -0.2) is 17.9 Å². The highest BCUT2D eigenvalue weighted by Crippen LogP contribution is 2.32. The number of carbonyl (C=O) groups excluding carboxylic acids is 1. The van der Waals surface area contributed by atoms with Crippen LogP contribution in [0, 0.1) is 12.7 Å². The summed E-state index contributed by atoms with van der Waals surface area (Å²) in [5.41, 5.74) is 1.13. The Morgan fingerprint density at radius 2 is 2.06 bits per heavy atom. The number of aryl methyl sites for hydroxylation is 1. The van der Waals surface area contributed by atoms with Gasteiger partial charge in [-0.1, -0.05) is 30.3 Å². The third kappa shape index (κ3) is 6.11. The lowest BCUT2D eigenvalue weighted by Gasteiger charge is -2.40. The topological polar surface area (TPSA) is 92.9 Å². The summed E-state index contributed by atoms with van der Waals surface area (Å²) in [4.78, 5) is 15.8. The average Bonchev–Trinajstić information content (AvgIpc) is 2.75. The predicted octanol–water partition coefficient (Wildman–Crippen LogP) is 3.27. The summed E-state index contributed by atoms with van der Waals surface area (Å²) in [6.45, 7) is 9.34. The van der Waals surface area contributed by atoms with Crippen LogP contribution >= 0.6 is 11.6 Å². The smallest absolute Gasteiger partial charge is 0.246 e. The van der Waals surface area contributed by atoms with E-state index < -0.39 is 16.1 Å². The Morgan fingerprint density at radius 1 is 1.33 bits per heavy atom. The number of benzene rings is 2. The maximum Gasteiger partial charge on any atom is 0.246 e. The zero-order chi connectivity index (χ0) is 24.3. The Hall–Kier alpha value is -2.46. The third-order valence-electron chi connectivity index (χ3n) is 5.66. The Kier molecular flexibility index (Phi) is 7.79. The van der Waals surface area contributed by atoms with Gasteiger partial charge in [0, 0.05) is 32.2 Å². The summed E-state index contributed by atoms with van der Waals surface area (Å²) in [5, 5.41) is 5.25. The first-order chi connectivity index (χ1) is 15.5. The van der Waals surface area contributed by atoms with Gasteiger partial charge in [-0.2, -0.15) is 0 Å². The molecule has 0 bridgehead atoms. The molecule has 0 spiro atoms. The van der Waals surface area contributed by atoms with Crippen LogP contribution in [0.25, 0.3) is 0 Å². The van der Waals surface area contributed by atoms with Gasteiger partial charge in [-0.05, 0) is 55.3 Å². The van der Waals surface area contributed by atoms with Crippen molar-refractivity contribution in [3.8, 4) is 5.75 Å². The minimum absolute atomic E-state index is 0.0303. The minimum atomic E-state index is -3.91. The van der Waals surface area contributed by atoms with Crippen LogP contribution in [0.5, 0.6) is 5.75 Å². The van der Waals surface area contributed by atoms with E-state index in [0.717, 1.165) is 0 Å². The molecule has 10 heteroatoms. The fourth-order valence-corrected chi connectivity index (χ4v) is 4.64. The SMILES string of the molecule is C=CC(=O)N1CCN(C[C@H](Oc2ccc(S(N)(=O)=O)cc2Cl)c2ccc(C)c(F)c2)C[C@H]1C. The first-order valence-corrected chi connectivity index (χ1v) is 12.3. The second-order valence-corrected chi connectivity index (χ2v) is 10.1. The molecule has 0 aromatic heterocycles. The maximum absolute atomic E-state index is 14.3. The Morgan fingerprint density at radius 3 is 2.64 bits per heavy atom. The van der Waals surface area contributed by atoms with Crippen LogP contribution in [0.2, 0.25) is 5.02 Å². The van der Waals surface area contributed by atoms with Crippen molar-refractivity contribution in [2.45, 2.75) is 30.9 Å². The standard InChI is InChI=1S/C23H27ClFN3O4S/c1-4-23(29)28-10-9-27(13-16(28)3)14-22(17-6-5-15(2)20(25)11-17)32-21-8-7-18(12-19(21)24)33(26,30)31/h4-8,11-12,16,22H,1,9-10,13-14H2,2-3H3,(H2,26,30,31)/t16-,22+/m1/s1. The molecule has 1 aliphatic heterocycles. The fourth-order valence-electron chi connectivity index (χ4n) is 3.81. The summed E-state index contributed by atoms with van der Waals surface area (Å²) >= 11 is 6.27. The number of nitrogens with zero attached hydrogens (tertiary/aromatic N) is 2. The number of rotatable bonds is 7. The molecule has 1 aliphatic rings.